The highest BCUT2D eigenvalue weighted by atomic mass is 16.5. The number of nitrogens with two attached hydrogens (primary N) is 1. The lowest BCUT2D eigenvalue weighted by atomic mass is 9.83. The summed E-state index contributed by atoms with van der Waals surface area (Å²) in [5, 5.41) is 0. The van der Waals surface area contributed by atoms with Crippen molar-refractivity contribution in [3.05, 3.63) is 11.8 Å². The number of carbonyl (C=O) groups is 1. The van der Waals surface area contributed by atoms with Gasteiger partial charge in [0.05, 0.1) is 7.11 Å². The van der Waals surface area contributed by atoms with Crippen molar-refractivity contribution in [3.63, 3.8) is 0 Å². The van der Waals surface area contributed by atoms with Gasteiger partial charge in [-0.25, -0.2) is 4.79 Å². The Bertz CT molecular complexity index is 183. The van der Waals surface area contributed by atoms with Crippen LogP contribution in [-0.2, 0) is 9.53 Å². The summed E-state index contributed by atoms with van der Waals surface area (Å²) in [6.45, 7) is 0. The van der Waals surface area contributed by atoms with Gasteiger partial charge in [-0.15, -0.1) is 0 Å². The number of hydrogen-bond donors (Lipinski definition) is 1. The molecule has 2 N–H and O–H groups in total. The Hall–Kier alpha value is -0.990. The van der Waals surface area contributed by atoms with Gasteiger partial charge >= 0.3 is 5.97 Å². The first kappa shape index (κ1) is 8.11. The minimum atomic E-state index is -0.352. The van der Waals surface area contributed by atoms with E-state index in [1.54, 1.807) is 0 Å². The van der Waals surface area contributed by atoms with Gasteiger partial charge in [-0.3, -0.25) is 0 Å². The first-order valence-corrected chi connectivity index (χ1v) is 3.79. The second kappa shape index (κ2) is 3.42. The third-order valence-electron chi connectivity index (χ3n) is 2.06. The maximum absolute atomic E-state index is 10.7. The van der Waals surface area contributed by atoms with E-state index in [2.05, 4.69) is 4.74 Å². The number of methoxy groups -OCH3 is 1. The number of allylic oxidation sites excluding steroid dienone is 1. The number of rotatable bonds is 2. The molecule has 0 bridgehead atoms. The molecule has 0 aromatic heterocycles. The molecule has 0 atom stereocenters. The van der Waals surface area contributed by atoms with Crippen molar-refractivity contribution in [2.45, 2.75) is 19.3 Å². The van der Waals surface area contributed by atoms with Crippen molar-refractivity contribution in [3.8, 4) is 0 Å². The molecule has 0 heterocycles. The van der Waals surface area contributed by atoms with Crippen LogP contribution in [0.3, 0.4) is 0 Å². The minimum Gasteiger partial charge on any atom is -0.466 e. The molecule has 1 aliphatic rings. The number of hydrogen-bond acceptors (Lipinski definition) is 3. The van der Waals surface area contributed by atoms with Crippen LogP contribution in [0, 0.1) is 5.92 Å². The average Bonchev–Trinajstić information content (AvgIpc) is 1.83. The maximum atomic E-state index is 10.7. The van der Waals surface area contributed by atoms with Gasteiger partial charge in [0.15, 0.2) is 0 Å². The van der Waals surface area contributed by atoms with E-state index in [0.717, 1.165) is 12.8 Å². The summed E-state index contributed by atoms with van der Waals surface area (Å²) in [4.78, 5) is 10.7. The predicted molar refractivity (Wildman–Crippen MR) is 41.6 cm³/mol. The molecule has 0 aromatic rings. The summed E-state index contributed by atoms with van der Waals surface area (Å²) in [6, 6.07) is 0. The normalized spacial score (nSPS) is 19.2. The Labute approximate surface area is 66.2 Å². The predicted octanol–water partition coefficient (Wildman–Crippen LogP) is 0.802. The summed E-state index contributed by atoms with van der Waals surface area (Å²) < 4.78 is 4.44. The zero-order valence-electron chi connectivity index (χ0n) is 6.67. The Balaban J connectivity index is 2.43. The van der Waals surface area contributed by atoms with E-state index in [0.29, 0.717) is 11.6 Å². The van der Waals surface area contributed by atoms with Gasteiger partial charge in [0.1, 0.15) is 0 Å². The molecule has 0 amide bonds. The molecule has 1 aliphatic carbocycles. The van der Waals surface area contributed by atoms with Gasteiger partial charge in [-0.1, -0.05) is 6.42 Å². The lowest BCUT2D eigenvalue weighted by molar-refractivity contribution is -0.134. The fourth-order valence-corrected chi connectivity index (χ4v) is 1.05. The van der Waals surface area contributed by atoms with Crippen LogP contribution < -0.4 is 5.73 Å². The topological polar surface area (TPSA) is 52.3 Å². The molecule has 0 spiro atoms. The zero-order chi connectivity index (χ0) is 8.27. The number of carbonyl (C=O) groups excluding carboxylic acids is 1. The second-order valence-electron chi connectivity index (χ2n) is 2.80. The zero-order valence-corrected chi connectivity index (χ0v) is 6.67. The van der Waals surface area contributed by atoms with Crippen LogP contribution >= 0.6 is 0 Å². The molecule has 0 radical (unpaired) electrons. The van der Waals surface area contributed by atoms with E-state index in [9.17, 15) is 4.79 Å². The van der Waals surface area contributed by atoms with Crippen molar-refractivity contribution in [2.75, 3.05) is 7.11 Å². The van der Waals surface area contributed by atoms with Gasteiger partial charge in [-0.2, -0.15) is 0 Å². The van der Waals surface area contributed by atoms with Crippen LogP contribution in [0.4, 0.5) is 0 Å². The summed E-state index contributed by atoms with van der Waals surface area (Å²) in [7, 11) is 1.35. The van der Waals surface area contributed by atoms with E-state index in [1.807, 2.05) is 0 Å². The highest BCUT2D eigenvalue weighted by Gasteiger charge is 2.20. The third kappa shape index (κ3) is 1.97. The lowest BCUT2D eigenvalue weighted by Crippen LogP contribution is -2.20. The molecular formula is C8H13NO2. The number of ether oxygens (including phenoxy) is 1. The average molecular weight is 155 g/mol. The smallest absolute Gasteiger partial charge is 0.332 e. The SMILES string of the molecule is COC(=O)C=C(N)C1CCC1. The summed E-state index contributed by atoms with van der Waals surface area (Å²) in [6.07, 6.45) is 4.82. The minimum absolute atomic E-state index is 0.352. The van der Waals surface area contributed by atoms with Crippen molar-refractivity contribution >= 4 is 5.97 Å². The molecule has 1 rings (SSSR count). The van der Waals surface area contributed by atoms with Crippen molar-refractivity contribution in [2.24, 2.45) is 11.7 Å². The Morgan fingerprint density at radius 2 is 2.27 bits per heavy atom. The van der Waals surface area contributed by atoms with Gasteiger partial charge < -0.3 is 10.5 Å². The summed E-state index contributed by atoms with van der Waals surface area (Å²) in [5.74, 6) is 0.0727. The Morgan fingerprint density at radius 1 is 1.64 bits per heavy atom. The molecule has 0 aliphatic heterocycles. The molecular weight excluding hydrogens is 142 g/mol. The van der Waals surface area contributed by atoms with E-state index in [4.69, 9.17) is 5.73 Å². The molecule has 62 valence electrons. The number of esters is 1. The van der Waals surface area contributed by atoms with Crippen molar-refractivity contribution in [1.29, 1.82) is 0 Å². The van der Waals surface area contributed by atoms with Crippen LogP contribution in [0.1, 0.15) is 19.3 Å². The molecule has 1 saturated carbocycles. The standard InChI is InChI=1S/C8H13NO2/c1-11-8(10)5-7(9)6-3-2-4-6/h5-6H,2-4,9H2,1H3. The first-order chi connectivity index (χ1) is 5.24. The molecule has 3 heteroatoms. The van der Waals surface area contributed by atoms with E-state index >= 15 is 0 Å². The van der Waals surface area contributed by atoms with E-state index < -0.39 is 0 Å². The lowest BCUT2D eigenvalue weighted by Gasteiger charge is -2.25. The van der Waals surface area contributed by atoms with Crippen molar-refractivity contribution in [1.82, 2.24) is 0 Å². The molecule has 3 nitrogen and oxygen atoms in total. The fourth-order valence-electron chi connectivity index (χ4n) is 1.05. The summed E-state index contributed by atoms with van der Waals surface area (Å²) in [5.41, 5.74) is 6.29. The second-order valence-corrected chi connectivity index (χ2v) is 2.80. The highest BCUT2D eigenvalue weighted by molar-refractivity contribution is 5.82. The van der Waals surface area contributed by atoms with Gasteiger partial charge in [-0.05, 0) is 18.8 Å². The molecule has 0 unspecified atom stereocenters. The quantitative estimate of drug-likeness (QED) is 0.474. The fraction of sp³-hybridized carbons (Fsp3) is 0.625. The third-order valence-corrected chi connectivity index (χ3v) is 2.06. The van der Waals surface area contributed by atoms with Crippen LogP contribution in [-0.4, -0.2) is 13.1 Å². The monoisotopic (exact) mass is 155 g/mol. The first-order valence-electron chi connectivity index (χ1n) is 3.79. The van der Waals surface area contributed by atoms with Crippen LogP contribution in [0.15, 0.2) is 11.8 Å². The molecule has 11 heavy (non-hydrogen) atoms. The maximum Gasteiger partial charge on any atom is 0.332 e. The van der Waals surface area contributed by atoms with Crippen LogP contribution in [0.2, 0.25) is 0 Å². The van der Waals surface area contributed by atoms with Gasteiger partial charge in [0.25, 0.3) is 0 Å². The van der Waals surface area contributed by atoms with E-state index in [-0.39, 0.29) is 5.97 Å². The van der Waals surface area contributed by atoms with E-state index in [1.165, 1.54) is 19.6 Å². The Morgan fingerprint density at radius 3 is 2.64 bits per heavy atom. The van der Waals surface area contributed by atoms with Gasteiger partial charge in [0.2, 0.25) is 0 Å². The highest BCUT2D eigenvalue weighted by Crippen LogP contribution is 2.30. The van der Waals surface area contributed by atoms with Crippen molar-refractivity contribution < 1.29 is 9.53 Å². The van der Waals surface area contributed by atoms with Gasteiger partial charge in [0, 0.05) is 11.8 Å². The summed E-state index contributed by atoms with van der Waals surface area (Å²) >= 11 is 0. The molecule has 0 aromatic carbocycles. The molecule has 0 saturated heterocycles. The van der Waals surface area contributed by atoms with Crippen LogP contribution in [0.5, 0.6) is 0 Å². The van der Waals surface area contributed by atoms with Crippen LogP contribution in [0.25, 0.3) is 0 Å². The molecule has 1 fully saturated rings. The Kier molecular flexibility index (Phi) is 2.52. The largest absolute Gasteiger partial charge is 0.466 e.